The van der Waals surface area contributed by atoms with Crippen LogP contribution in [0.25, 0.3) is 10.9 Å². The van der Waals surface area contributed by atoms with Crippen LogP contribution in [0, 0.1) is 11.7 Å². The van der Waals surface area contributed by atoms with E-state index in [9.17, 15) is 39.3 Å². The maximum atomic E-state index is 15.2. The number of aliphatic hydroxyl groups is 1. The van der Waals surface area contributed by atoms with Crippen molar-refractivity contribution in [1.29, 1.82) is 0 Å². The van der Waals surface area contributed by atoms with Gasteiger partial charge in [0.05, 0.1) is 27.5 Å². The Balaban J connectivity index is 1.05. The quantitative estimate of drug-likeness (QED) is 0.268. The van der Waals surface area contributed by atoms with Gasteiger partial charge < -0.3 is 34.4 Å². The van der Waals surface area contributed by atoms with Gasteiger partial charge >= 0.3 is 18.0 Å². The first-order chi connectivity index (χ1) is 21.0. The van der Waals surface area contributed by atoms with E-state index in [1.54, 1.807) is 15.5 Å². The number of carbonyl (C=O) groups excluding carboxylic acids is 2. The van der Waals surface area contributed by atoms with E-state index in [4.69, 9.17) is 4.74 Å². The predicted octanol–water partition coefficient (Wildman–Crippen LogP) is 2.33. The Bertz CT molecular complexity index is 1670. The number of halogens is 1. The van der Waals surface area contributed by atoms with Crippen molar-refractivity contribution < 1.29 is 43.6 Å². The van der Waals surface area contributed by atoms with E-state index in [1.165, 1.54) is 46.4 Å². The number of aromatic nitrogens is 1. The molecule has 2 amide bonds. The third-order valence-electron chi connectivity index (χ3n) is 8.16. The lowest BCUT2D eigenvalue weighted by Crippen LogP contribution is -2.60. The SMILES string of the molecule is C[C@@H](O)[C@@H]1C(=O)N2C(C(=O)O)=C(SCCOC(=O)N3CCN(c4cc5c(cc4F)c(=O)c(C(=O)O)cn5C4CC4)CC3)S[C@H]12. The van der Waals surface area contributed by atoms with Gasteiger partial charge in [0.2, 0.25) is 11.3 Å². The molecule has 2 saturated heterocycles. The number of aromatic carboxylic acids is 1. The van der Waals surface area contributed by atoms with Crippen LogP contribution < -0.4 is 10.3 Å². The van der Waals surface area contributed by atoms with Crippen LogP contribution in [-0.4, -0.2) is 104 Å². The Labute approximate surface area is 258 Å². The molecule has 6 rings (SSSR count). The number of ether oxygens (including phenoxy) is 1. The number of hydrogen-bond donors (Lipinski definition) is 3. The summed E-state index contributed by atoms with van der Waals surface area (Å²) >= 11 is 2.37. The molecule has 1 saturated carbocycles. The largest absolute Gasteiger partial charge is 0.477 e. The van der Waals surface area contributed by atoms with Gasteiger partial charge in [0, 0.05) is 49.6 Å². The van der Waals surface area contributed by atoms with Crippen molar-refractivity contribution in [1.82, 2.24) is 14.4 Å². The van der Waals surface area contributed by atoms with Crippen molar-refractivity contribution in [3.05, 3.63) is 49.9 Å². The summed E-state index contributed by atoms with van der Waals surface area (Å²) in [5.74, 6) is -4.08. The van der Waals surface area contributed by atoms with E-state index < -0.39 is 58.1 Å². The molecule has 0 spiro atoms. The molecule has 3 aliphatic heterocycles. The first-order valence-electron chi connectivity index (χ1n) is 14.0. The molecule has 13 nitrogen and oxygen atoms in total. The number of anilines is 1. The lowest BCUT2D eigenvalue weighted by Gasteiger charge is -2.43. The number of carboxylic acid groups (broad SMARTS) is 2. The summed E-state index contributed by atoms with van der Waals surface area (Å²) in [5.41, 5.74) is -0.517. The van der Waals surface area contributed by atoms with Gasteiger partial charge in [0.25, 0.3) is 0 Å². The smallest absolute Gasteiger partial charge is 0.409 e. The predicted molar refractivity (Wildman–Crippen MR) is 159 cm³/mol. The Morgan fingerprint density at radius 2 is 1.82 bits per heavy atom. The topological polar surface area (TPSA) is 170 Å². The van der Waals surface area contributed by atoms with Crippen LogP contribution in [0.3, 0.4) is 0 Å². The number of pyridine rings is 1. The van der Waals surface area contributed by atoms with Gasteiger partial charge in [-0.15, -0.1) is 11.8 Å². The summed E-state index contributed by atoms with van der Waals surface area (Å²) < 4.78 is 22.8. The van der Waals surface area contributed by atoms with E-state index in [0.29, 0.717) is 22.8 Å². The fourth-order valence-corrected chi connectivity index (χ4v) is 8.56. The number of hydrogen-bond acceptors (Lipinski definition) is 10. The standard InChI is InChI=1S/C28H29FN4O9S2/c1-13(34)20-23(36)33-21(26(39)40)27(44-24(20)33)43-9-8-42-28(41)31-6-4-30(5-7-31)19-11-18-15(10-17(19)29)22(35)16(25(37)38)12-32(18)14-2-3-14/h10-14,20,24,34H,2-9H2,1H3,(H,37,38)(H,39,40)/t13-,20-,24-/m1/s1. The van der Waals surface area contributed by atoms with Gasteiger partial charge in [-0.05, 0) is 31.9 Å². The van der Waals surface area contributed by atoms with E-state index in [-0.39, 0.29) is 48.3 Å². The molecule has 0 unspecified atom stereocenters. The summed E-state index contributed by atoms with van der Waals surface area (Å²) in [7, 11) is 0. The van der Waals surface area contributed by atoms with Crippen molar-refractivity contribution in [2.75, 3.05) is 43.4 Å². The maximum Gasteiger partial charge on any atom is 0.409 e. The molecular weight excluding hydrogens is 619 g/mol. The average molecular weight is 649 g/mol. The average Bonchev–Trinajstić information content (AvgIpc) is 3.77. The number of amides is 2. The molecule has 1 aliphatic carbocycles. The normalized spacial score (nSPS) is 22.2. The van der Waals surface area contributed by atoms with Crippen molar-refractivity contribution in [2.24, 2.45) is 5.92 Å². The lowest BCUT2D eigenvalue weighted by atomic mass is 9.92. The Kier molecular flexibility index (Phi) is 8.00. The van der Waals surface area contributed by atoms with Gasteiger partial charge in [-0.2, -0.15) is 0 Å². The fraction of sp³-hybridized carbons (Fsp3) is 0.464. The second kappa shape index (κ2) is 11.6. The molecule has 3 fully saturated rings. The molecule has 44 heavy (non-hydrogen) atoms. The Hall–Kier alpha value is -3.76. The van der Waals surface area contributed by atoms with Crippen molar-refractivity contribution in [2.45, 2.75) is 37.3 Å². The number of rotatable bonds is 9. The molecule has 1 aromatic heterocycles. The van der Waals surface area contributed by atoms with Gasteiger partial charge in [-0.3, -0.25) is 14.5 Å². The molecule has 3 atom stereocenters. The second-order valence-corrected chi connectivity index (χ2v) is 13.5. The van der Waals surface area contributed by atoms with E-state index in [2.05, 4.69) is 0 Å². The zero-order valence-electron chi connectivity index (χ0n) is 23.5. The van der Waals surface area contributed by atoms with Crippen LogP contribution in [0.1, 0.15) is 36.2 Å². The molecule has 1 aromatic carbocycles. The molecule has 234 valence electrons. The number of benzene rings is 1. The van der Waals surface area contributed by atoms with Crippen LogP contribution in [0.4, 0.5) is 14.9 Å². The van der Waals surface area contributed by atoms with E-state index in [0.717, 1.165) is 18.9 Å². The van der Waals surface area contributed by atoms with Crippen LogP contribution >= 0.6 is 23.5 Å². The Morgan fingerprint density at radius 3 is 2.43 bits per heavy atom. The highest BCUT2D eigenvalue weighted by Crippen LogP contribution is 2.53. The molecular formula is C28H29FN4O9S2. The maximum absolute atomic E-state index is 15.2. The minimum atomic E-state index is -1.36. The molecule has 0 bridgehead atoms. The summed E-state index contributed by atoms with van der Waals surface area (Å²) in [6.45, 7) is 2.59. The van der Waals surface area contributed by atoms with Crippen LogP contribution in [0.2, 0.25) is 0 Å². The zero-order chi connectivity index (χ0) is 31.4. The molecule has 0 radical (unpaired) electrons. The highest BCUT2D eigenvalue weighted by molar-refractivity contribution is 8.22. The van der Waals surface area contributed by atoms with Crippen LogP contribution in [-0.2, 0) is 14.3 Å². The number of aliphatic carboxylic acids is 1. The highest BCUT2D eigenvalue weighted by atomic mass is 32.2. The second-order valence-electron chi connectivity index (χ2n) is 11.0. The molecule has 2 aromatic rings. The third-order valence-corrected chi connectivity index (χ3v) is 10.8. The van der Waals surface area contributed by atoms with Crippen molar-refractivity contribution in [3.63, 3.8) is 0 Å². The van der Waals surface area contributed by atoms with E-state index >= 15 is 4.39 Å². The lowest BCUT2D eigenvalue weighted by molar-refractivity contribution is -0.156. The number of piperazine rings is 1. The van der Waals surface area contributed by atoms with Crippen molar-refractivity contribution in [3.8, 4) is 0 Å². The monoisotopic (exact) mass is 648 g/mol. The first-order valence-corrected chi connectivity index (χ1v) is 15.9. The number of nitrogens with zero attached hydrogens (tertiary/aromatic N) is 4. The van der Waals surface area contributed by atoms with Crippen LogP contribution in [0.5, 0.6) is 0 Å². The minimum absolute atomic E-state index is 0.00452. The fourth-order valence-electron chi connectivity index (χ4n) is 5.74. The molecule has 4 heterocycles. The molecule has 3 N–H and O–H groups in total. The summed E-state index contributed by atoms with van der Waals surface area (Å²) in [5, 5.41) is 28.5. The molecule has 16 heteroatoms. The van der Waals surface area contributed by atoms with Crippen molar-refractivity contribution >= 4 is 64.1 Å². The third kappa shape index (κ3) is 5.28. The van der Waals surface area contributed by atoms with E-state index in [1.807, 2.05) is 0 Å². The van der Waals surface area contributed by atoms with Gasteiger partial charge in [0.15, 0.2) is 5.70 Å². The zero-order valence-corrected chi connectivity index (χ0v) is 25.1. The highest BCUT2D eigenvalue weighted by Gasteiger charge is 2.57. The number of β-lactam (4-membered cyclic amide) rings is 1. The summed E-state index contributed by atoms with van der Waals surface area (Å²) in [6, 6.07) is 2.71. The van der Waals surface area contributed by atoms with Gasteiger partial charge in [-0.1, -0.05) is 11.8 Å². The number of thioether (sulfide) groups is 2. The summed E-state index contributed by atoms with van der Waals surface area (Å²) in [4.78, 5) is 65.6. The number of fused-ring (bicyclic) bond motifs is 2. The molecule has 4 aliphatic rings. The van der Waals surface area contributed by atoms with Gasteiger partial charge in [0.1, 0.15) is 23.4 Å². The van der Waals surface area contributed by atoms with Gasteiger partial charge in [-0.25, -0.2) is 18.8 Å². The summed E-state index contributed by atoms with van der Waals surface area (Å²) in [6.07, 6.45) is 1.54. The van der Waals surface area contributed by atoms with Crippen LogP contribution in [0.15, 0.2) is 33.1 Å². The number of aliphatic hydroxyl groups excluding tert-OH is 1. The minimum Gasteiger partial charge on any atom is -0.477 e. The Morgan fingerprint density at radius 1 is 1.11 bits per heavy atom. The number of carboxylic acids is 2. The number of carbonyl (C=O) groups is 4. The first kappa shape index (κ1) is 30.3.